The molecule has 0 bridgehead atoms. The van der Waals surface area contributed by atoms with Crippen LogP contribution in [0.3, 0.4) is 0 Å². The maximum atomic E-state index is 9.67. The summed E-state index contributed by atoms with van der Waals surface area (Å²) in [4.78, 5) is 4.41. The summed E-state index contributed by atoms with van der Waals surface area (Å²) in [5, 5.41) is 13.9. The minimum Gasteiger partial charge on any atom is -0.393 e. The molecule has 0 aliphatic carbocycles. The molecule has 2 rings (SSSR count). The summed E-state index contributed by atoms with van der Waals surface area (Å²) in [6, 6.07) is 10.3. The molecule has 1 aromatic heterocycles. The van der Waals surface area contributed by atoms with E-state index in [1.807, 2.05) is 32.0 Å². The minimum atomic E-state index is -0.317. The van der Waals surface area contributed by atoms with E-state index in [2.05, 4.69) is 26.8 Å². The largest absolute Gasteiger partial charge is 0.393 e. The quantitative estimate of drug-likeness (QED) is 0.823. The van der Waals surface area contributed by atoms with Crippen LogP contribution in [0.15, 0.2) is 30.3 Å². The molecule has 0 spiro atoms. The van der Waals surface area contributed by atoms with Crippen LogP contribution in [0.4, 0.5) is 5.13 Å². The smallest absolute Gasteiger partial charge is 0.202 e. The molecule has 0 amide bonds. The second-order valence-electron chi connectivity index (χ2n) is 4.94. The van der Waals surface area contributed by atoms with Gasteiger partial charge in [0, 0.05) is 30.4 Å². The molecule has 0 aliphatic rings. The number of aliphatic hydroxyl groups excluding tert-OH is 1. The van der Waals surface area contributed by atoms with E-state index in [9.17, 15) is 5.11 Å². The van der Waals surface area contributed by atoms with Crippen LogP contribution in [-0.4, -0.2) is 27.1 Å². The zero-order valence-electron chi connectivity index (χ0n) is 11.9. The first kappa shape index (κ1) is 14.9. The summed E-state index contributed by atoms with van der Waals surface area (Å²) in [6.45, 7) is 4.63. The average molecular weight is 291 g/mol. The highest BCUT2D eigenvalue weighted by Crippen LogP contribution is 2.22. The number of aryl methyl sites for hydroxylation is 1. The van der Waals surface area contributed by atoms with Crippen LogP contribution < -0.4 is 5.32 Å². The van der Waals surface area contributed by atoms with Gasteiger partial charge >= 0.3 is 0 Å². The summed E-state index contributed by atoms with van der Waals surface area (Å²) >= 11 is 1.40. The molecule has 1 heterocycles. The van der Waals surface area contributed by atoms with Gasteiger partial charge in [0.05, 0.1) is 6.10 Å². The predicted molar refractivity (Wildman–Crippen MR) is 83.3 cm³/mol. The van der Waals surface area contributed by atoms with Crippen LogP contribution in [0.1, 0.15) is 37.6 Å². The molecule has 1 aromatic carbocycles. The van der Waals surface area contributed by atoms with E-state index in [1.165, 1.54) is 17.1 Å². The fourth-order valence-corrected chi connectivity index (χ4v) is 2.81. The Hall–Kier alpha value is -1.46. The monoisotopic (exact) mass is 291 g/mol. The van der Waals surface area contributed by atoms with Crippen LogP contribution in [0.25, 0.3) is 0 Å². The van der Waals surface area contributed by atoms with Gasteiger partial charge in [-0.05, 0) is 18.9 Å². The average Bonchev–Trinajstić information content (AvgIpc) is 2.92. The molecule has 0 saturated heterocycles. The minimum absolute atomic E-state index is 0.269. The number of aliphatic hydroxyl groups is 1. The molecule has 2 unspecified atom stereocenters. The van der Waals surface area contributed by atoms with Gasteiger partial charge in [0.1, 0.15) is 5.82 Å². The van der Waals surface area contributed by atoms with Crippen LogP contribution in [0.5, 0.6) is 0 Å². The van der Waals surface area contributed by atoms with Gasteiger partial charge in [-0.1, -0.05) is 37.3 Å². The van der Waals surface area contributed by atoms with E-state index in [4.69, 9.17) is 0 Å². The zero-order chi connectivity index (χ0) is 14.4. The van der Waals surface area contributed by atoms with Gasteiger partial charge in [0.25, 0.3) is 0 Å². The van der Waals surface area contributed by atoms with E-state index in [1.54, 1.807) is 0 Å². The van der Waals surface area contributed by atoms with E-state index < -0.39 is 0 Å². The summed E-state index contributed by atoms with van der Waals surface area (Å²) in [7, 11) is 0. The van der Waals surface area contributed by atoms with Crippen molar-refractivity contribution < 1.29 is 5.11 Å². The zero-order valence-corrected chi connectivity index (χ0v) is 12.7. The van der Waals surface area contributed by atoms with Crippen molar-refractivity contribution in [1.82, 2.24) is 9.36 Å². The molecule has 0 fully saturated rings. The summed E-state index contributed by atoms with van der Waals surface area (Å²) in [5.41, 5.74) is 1.24. The number of nitrogens with zero attached hydrogens (tertiary/aromatic N) is 2. The lowest BCUT2D eigenvalue weighted by molar-refractivity contribution is 0.175. The molecule has 5 heteroatoms. The van der Waals surface area contributed by atoms with Crippen LogP contribution in [0, 0.1) is 0 Å². The van der Waals surface area contributed by atoms with Crippen molar-refractivity contribution in [3.8, 4) is 0 Å². The molecule has 2 N–H and O–H groups in total. The lowest BCUT2D eigenvalue weighted by Crippen LogP contribution is -2.17. The predicted octanol–water partition coefficient (Wildman–Crippen LogP) is 3.07. The van der Waals surface area contributed by atoms with Crippen molar-refractivity contribution in [2.75, 3.05) is 11.9 Å². The first-order valence-corrected chi connectivity index (χ1v) is 7.75. The number of aromatic nitrogens is 2. The summed E-state index contributed by atoms with van der Waals surface area (Å²) < 4.78 is 4.26. The Morgan fingerprint density at radius 1 is 1.30 bits per heavy atom. The lowest BCUT2D eigenvalue weighted by Gasteiger charge is -2.19. The van der Waals surface area contributed by atoms with Gasteiger partial charge in [-0.25, -0.2) is 4.98 Å². The Labute approximate surface area is 124 Å². The fraction of sp³-hybridized carbons (Fsp3) is 0.467. The van der Waals surface area contributed by atoms with Crippen LogP contribution in [0.2, 0.25) is 0 Å². The molecule has 4 nitrogen and oxygen atoms in total. The molecule has 20 heavy (non-hydrogen) atoms. The standard InChI is InChI=1S/C15H21N3OS/c1-3-14-17-15(20-18-14)16-10-13(9-11(2)19)12-7-5-4-6-8-12/h4-8,11,13,19H,3,9-10H2,1-2H3,(H,16,17,18). The molecule has 2 aromatic rings. The van der Waals surface area contributed by atoms with Crippen molar-refractivity contribution in [1.29, 1.82) is 0 Å². The van der Waals surface area contributed by atoms with E-state index in [-0.39, 0.29) is 12.0 Å². The third-order valence-corrected chi connectivity index (χ3v) is 3.89. The SMILES string of the molecule is CCc1nsc(NCC(CC(C)O)c2ccccc2)n1. The highest BCUT2D eigenvalue weighted by atomic mass is 32.1. The molecular weight excluding hydrogens is 270 g/mol. The maximum absolute atomic E-state index is 9.67. The van der Waals surface area contributed by atoms with Gasteiger partial charge in [-0.3, -0.25) is 0 Å². The number of nitrogens with one attached hydrogen (secondary N) is 1. The first-order chi connectivity index (χ1) is 9.69. The number of hydrogen-bond donors (Lipinski definition) is 2. The van der Waals surface area contributed by atoms with E-state index in [0.717, 1.165) is 30.3 Å². The Kier molecular flexibility index (Phi) is 5.49. The van der Waals surface area contributed by atoms with Gasteiger partial charge in [-0.15, -0.1) is 0 Å². The maximum Gasteiger partial charge on any atom is 0.202 e. The Balaban J connectivity index is 2.01. The van der Waals surface area contributed by atoms with Gasteiger partial charge in [-0.2, -0.15) is 4.37 Å². The topological polar surface area (TPSA) is 58.0 Å². The molecule has 0 aliphatic heterocycles. The second kappa shape index (κ2) is 7.36. The summed E-state index contributed by atoms with van der Waals surface area (Å²) in [6.07, 6.45) is 1.27. The first-order valence-electron chi connectivity index (χ1n) is 6.98. The molecule has 0 radical (unpaired) electrons. The lowest BCUT2D eigenvalue weighted by atomic mass is 9.93. The Morgan fingerprint density at radius 3 is 2.65 bits per heavy atom. The Morgan fingerprint density at radius 2 is 2.05 bits per heavy atom. The number of anilines is 1. The van der Waals surface area contributed by atoms with Gasteiger partial charge in [0.2, 0.25) is 5.13 Å². The second-order valence-corrected chi connectivity index (χ2v) is 5.69. The van der Waals surface area contributed by atoms with Crippen molar-refractivity contribution in [3.63, 3.8) is 0 Å². The van der Waals surface area contributed by atoms with Crippen molar-refractivity contribution in [2.45, 2.75) is 38.7 Å². The third-order valence-electron chi connectivity index (χ3n) is 3.18. The van der Waals surface area contributed by atoms with Crippen molar-refractivity contribution in [2.24, 2.45) is 0 Å². The highest BCUT2D eigenvalue weighted by molar-refractivity contribution is 7.09. The molecule has 108 valence electrons. The van der Waals surface area contributed by atoms with Crippen LogP contribution >= 0.6 is 11.5 Å². The van der Waals surface area contributed by atoms with Crippen molar-refractivity contribution in [3.05, 3.63) is 41.7 Å². The Bertz CT molecular complexity index is 513. The van der Waals surface area contributed by atoms with Crippen molar-refractivity contribution >= 4 is 16.7 Å². The van der Waals surface area contributed by atoms with Gasteiger partial charge < -0.3 is 10.4 Å². The molecule has 0 saturated carbocycles. The van der Waals surface area contributed by atoms with E-state index >= 15 is 0 Å². The number of hydrogen-bond acceptors (Lipinski definition) is 5. The van der Waals surface area contributed by atoms with Crippen LogP contribution in [-0.2, 0) is 6.42 Å². The number of benzene rings is 1. The molecular formula is C15H21N3OS. The summed E-state index contributed by atoms with van der Waals surface area (Å²) in [5.74, 6) is 1.15. The third kappa shape index (κ3) is 4.28. The highest BCUT2D eigenvalue weighted by Gasteiger charge is 2.14. The normalized spacial score (nSPS) is 13.9. The number of rotatable bonds is 7. The van der Waals surface area contributed by atoms with Gasteiger partial charge in [0.15, 0.2) is 0 Å². The molecule has 2 atom stereocenters. The fourth-order valence-electron chi connectivity index (χ4n) is 2.15. The van der Waals surface area contributed by atoms with E-state index in [0.29, 0.717) is 0 Å².